The summed E-state index contributed by atoms with van der Waals surface area (Å²) in [6.07, 6.45) is 2.00. The van der Waals surface area contributed by atoms with Gasteiger partial charge in [-0.05, 0) is 62.4 Å². The Morgan fingerprint density at radius 3 is 2.27 bits per heavy atom. The van der Waals surface area contributed by atoms with Gasteiger partial charge in [-0.1, -0.05) is 23.7 Å². The molecule has 1 aliphatic rings. The molecule has 0 saturated carbocycles. The van der Waals surface area contributed by atoms with Gasteiger partial charge in [0.25, 0.3) is 0 Å². The molecule has 8 nitrogen and oxygen atoms in total. The fourth-order valence-corrected chi connectivity index (χ4v) is 4.98. The van der Waals surface area contributed by atoms with Gasteiger partial charge < -0.3 is 23.7 Å². The third-order valence-electron chi connectivity index (χ3n) is 6.11. The van der Waals surface area contributed by atoms with Crippen molar-refractivity contribution in [2.75, 3.05) is 35.0 Å². The highest BCUT2D eigenvalue weighted by molar-refractivity contribution is 6.34. The molecule has 200 valence electrons. The zero-order chi connectivity index (χ0) is 27.5. The van der Waals surface area contributed by atoms with Crippen molar-refractivity contribution in [3.63, 3.8) is 0 Å². The molecular formula is C28H34ClNO7. The molecule has 1 atom stereocenters. The number of carbonyl (C=O) groups excluding carboxylic acids is 1. The van der Waals surface area contributed by atoms with E-state index in [2.05, 4.69) is 6.58 Å². The summed E-state index contributed by atoms with van der Waals surface area (Å²) in [5.41, 5.74) is 1.61. The summed E-state index contributed by atoms with van der Waals surface area (Å²) in [5, 5.41) is 0.370. The van der Waals surface area contributed by atoms with E-state index in [0.29, 0.717) is 51.8 Å². The van der Waals surface area contributed by atoms with Crippen LogP contribution in [0.2, 0.25) is 5.02 Å². The molecule has 0 fully saturated rings. The predicted molar refractivity (Wildman–Crippen MR) is 144 cm³/mol. The maximum Gasteiger partial charge on any atom is 0.411 e. The van der Waals surface area contributed by atoms with Crippen LogP contribution in [0.25, 0.3) is 11.1 Å². The van der Waals surface area contributed by atoms with Crippen LogP contribution in [0.15, 0.2) is 35.6 Å². The van der Waals surface area contributed by atoms with Gasteiger partial charge in [-0.15, -0.1) is 6.58 Å². The zero-order valence-corrected chi connectivity index (χ0v) is 23.2. The molecule has 0 aliphatic heterocycles. The van der Waals surface area contributed by atoms with Crippen molar-refractivity contribution in [1.82, 2.24) is 4.90 Å². The molecule has 0 radical (unpaired) electrons. The van der Waals surface area contributed by atoms with Gasteiger partial charge in [-0.3, -0.25) is 9.69 Å². The van der Waals surface area contributed by atoms with Gasteiger partial charge in [0.05, 0.1) is 39.5 Å². The third kappa shape index (κ3) is 5.49. The summed E-state index contributed by atoms with van der Waals surface area (Å²) in [6.45, 7) is 9.45. The monoisotopic (exact) mass is 531 g/mol. The van der Waals surface area contributed by atoms with Crippen molar-refractivity contribution in [3.8, 4) is 34.1 Å². The molecule has 0 N–H and O–H groups in total. The second-order valence-electron chi connectivity index (χ2n) is 9.52. The van der Waals surface area contributed by atoms with Gasteiger partial charge >= 0.3 is 6.09 Å². The maximum absolute atomic E-state index is 13.4. The molecule has 0 aromatic heterocycles. The lowest BCUT2D eigenvalue weighted by Gasteiger charge is -2.33. The van der Waals surface area contributed by atoms with E-state index < -0.39 is 17.7 Å². The van der Waals surface area contributed by atoms with Gasteiger partial charge in [0.2, 0.25) is 11.2 Å². The molecule has 0 saturated heterocycles. The van der Waals surface area contributed by atoms with Crippen LogP contribution in [-0.2, 0) is 11.2 Å². The molecule has 37 heavy (non-hydrogen) atoms. The average Bonchev–Trinajstić information content (AvgIpc) is 3.09. The van der Waals surface area contributed by atoms with Gasteiger partial charge in [-0.2, -0.15) is 0 Å². The fourth-order valence-electron chi connectivity index (χ4n) is 4.63. The minimum Gasteiger partial charge on any atom is -0.493 e. The Morgan fingerprint density at radius 2 is 1.73 bits per heavy atom. The van der Waals surface area contributed by atoms with Crippen molar-refractivity contribution >= 4 is 17.7 Å². The van der Waals surface area contributed by atoms with Crippen LogP contribution in [0.3, 0.4) is 0 Å². The number of rotatable bonds is 7. The van der Waals surface area contributed by atoms with Crippen LogP contribution >= 0.6 is 11.6 Å². The number of hydrogen-bond donors (Lipinski definition) is 0. The molecule has 0 unspecified atom stereocenters. The van der Waals surface area contributed by atoms with Crippen molar-refractivity contribution in [3.05, 3.63) is 57.2 Å². The van der Waals surface area contributed by atoms with Crippen LogP contribution in [0.4, 0.5) is 4.79 Å². The first-order valence-electron chi connectivity index (χ1n) is 11.9. The zero-order valence-electron chi connectivity index (χ0n) is 22.4. The van der Waals surface area contributed by atoms with Crippen molar-refractivity contribution in [1.29, 1.82) is 0 Å². The molecule has 9 heteroatoms. The Bertz CT molecular complexity index is 1250. The number of benzene rings is 1. The Hall–Kier alpha value is -3.39. The first-order valence-corrected chi connectivity index (χ1v) is 12.2. The van der Waals surface area contributed by atoms with E-state index in [0.717, 1.165) is 5.56 Å². The Balaban J connectivity index is 2.43. The number of hydrogen-bond acceptors (Lipinski definition) is 7. The molecule has 1 aliphatic carbocycles. The summed E-state index contributed by atoms with van der Waals surface area (Å²) in [6, 6.07) is 4.33. The number of carbonyl (C=O) groups is 1. The number of ether oxygens (including phenoxy) is 5. The number of halogens is 1. The van der Waals surface area contributed by atoms with E-state index >= 15 is 0 Å². The first-order chi connectivity index (χ1) is 17.5. The molecular weight excluding hydrogens is 498 g/mol. The summed E-state index contributed by atoms with van der Waals surface area (Å²) >= 11 is 6.87. The summed E-state index contributed by atoms with van der Waals surface area (Å²) in [7, 11) is 5.97. The van der Waals surface area contributed by atoms with Gasteiger partial charge in [0.1, 0.15) is 5.60 Å². The SMILES string of the molecule is C=CCN(C(=O)OC(C)(C)C)[C@H]1CCc2c(Cl)c(OC)c(OC)c(OC)c2-c2ccc(OC)c(=O)cc21. The second kappa shape index (κ2) is 11.3. The predicted octanol–water partition coefficient (Wildman–Crippen LogP) is 5.81. The topological polar surface area (TPSA) is 83.5 Å². The van der Waals surface area contributed by atoms with E-state index in [1.165, 1.54) is 34.5 Å². The number of amides is 1. The Labute approximate surface area is 222 Å². The summed E-state index contributed by atoms with van der Waals surface area (Å²) in [4.78, 5) is 28.1. The molecule has 2 aromatic rings. The van der Waals surface area contributed by atoms with E-state index in [9.17, 15) is 9.59 Å². The molecule has 0 bridgehead atoms. The van der Waals surface area contributed by atoms with Crippen LogP contribution in [-0.4, -0.2) is 51.6 Å². The maximum atomic E-state index is 13.4. The van der Waals surface area contributed by atoms with Gasteiger partial charge in [0.15, 0.2) is 17.2 Å². The quantitative estimate of drug-likeness (QED) is 0.417. The fraction of sp³-hybridized carbons (Fsp3) is 0.429. The molecule has 2 aromatic carbocycles. The number of methoxy groups -OCH3 is 4. The van der Waals surface area contributed by atoms with Crippen molar-refractivity contribution < 1.29 is 28.5 Å². The highest BCUT2D eigenvalue weighted by Gasteiger charge is 2.36. The highest BCUT2D eigenvalue weighted by atomic mass is 35.5. The lowest BCUT2D eigenvalue weighted by atomic mass is 9.95. The lowest BCUT2D eigenvalue weighted by Crippen LogP contribution is -2.39. The molecule has 0 spiro atoms. The lowest BCUT2D eigenvalue weighted by molar-refractivity contribution is 0.0178. The van der Waals surface area contributed by atoms with E-state index in [1.807, 2.05) is 0 Å². The number of nitrogens with zero attached hydrogens (tertiary/aromatic N) is 1. The van der Waals surface area contributed by atoms with E-state index in [-0.39, 0.29) is 17.7 Å². The van der Waals surface area contributed by atoms with Gasteiger partial charge in [0, 0.05) is 12.1 Å². The molecule has 3 rings (SSSR count). The van der Waals surface area contributed by atoms with Crippen molar-refractivity contribution in [2.24, 2.45) is 0 Å². The Kier molecular flexibility index (Phi) is 8.64. The van der Waals surface area contributed by atoms with Crippen molar-refractivity contribution in [2.45, 2.75) is 45.3 Å². The summed E-state index contributed by atoms with van der Waals surface area (Å²) in [5.74, 6) is 1.24. The molecule has 0 heterocycles. The van der Waals surface area contributed by atoms with Gasteiger partial charge in [-0.25, -0.2) is 4.79 Å². The smallest absolute Gasteiger partial charge is 0.411 e. The van der Waals surface area contributed by atoms with Crippen LogP contribution in [0.5, 0.6) is 23.0 Å². The minimum atomic E-state index is -0.714. The van der Waals surface area contributed by atoms with Crippen LogP contribution < -0.4 is 24.4 Å². The largest absolute Gasteiger partial charge is 0.493 e. The average molecular weight is 532 g/mol. The van der Waals surface area contributed by atoms with Crippen LogP contribution in [0, 0.1) is 0 Å². The van der Waals surface area contributed by atoms with Crippen LogP contribution in [0.1, 0.15) is 44.4 Å². The standard InChI is InChI=1S/C28H34ClNO7/c1-9-14-30(27(32)37-28(2,3)4)19-12-10-17-22(16-11-13-21(33-5)20(31)15-18(16)19)24(34-6)26(36-8)25(35-7)23(17)29/h9,11,13,15,19H,1,10,12,14H2,2-8H3/t19-/m0/s1. The normalized spacial score (nSPS) is 14.4. The Morgan fingerprint density at radius 1 is 1.08 bits per heavy atom. The summed E-state index contributed by atoms with van der Waals surface area (Å²) < 4.78 is 28.1. The number of fused-ring (bicyclic) bond motifs is 3. The third-order valence-corrected chi connectivity index (χ3v) is 6.51. The van der Waals surface area contributed by atoms with E-state index in [4.69, 9.17) is 35.3 Å². The highest BCUT2D eigenvalue weighted by Crippen LogP contribution is 2.54. The van der Waals surface area contributed by atoms with E-state index in [1.54, 1.807) is 43.9 Å². The minimum absolute atomic E-state index is 0.159. The second-order valence-corrected chi connectivity index (χ2v) is 9.90. The first kappa shape index (κ1) is 28.2. The molecule has 1 amide bonds.